The molecule has 0 radical (unpaired) electrons. The fraction of sp³-hybridized carbons (Fsp3) is 0.538. The first-order valence-corrected chi connectivity index (χ1v) is 5.67. The molecule has 1 aromatic rings. The highest BCUT2D eigenvalue weighted by atomic mass is 16.5. The minimum absolute atomic E-state index is 0.239. The molecule has 1 unspecified atom stereocenters. The first kappa shape index (κ1) is 12.8. The Kier molecular flexibility index (Phi) is 5.72. The van der Waals surface area contributed by atoms with E-state index >= 15 is 0 Å². The van der Waals surface area contributed by atoms with Gasteiger partial charge in [0.1, 0.15) is 11.5 Å². The lowest BCUT2D eigenvalue weighted by atomic mass is 10.0. The van der Waals surface area contributed by atoms with E-state index in [0.717, 1.165) is 24.3 Å². The zero-order valence-electron chi connectivity index (χ0n) is 9.98. The highest BCUT2D eigenvalue weighted by Crippen LogP contribution is 2.17. The van der Waals surface area contributed by atoms with Crippen LogP contribution in [0.4, 0.5) is 0 Å². The summed E-state index contributed by atoms with van der Waals surface area (Å²) in [5.41, 5.74) is 0. The van der Waals surface area contributed by atoms with Gasteiger partial charge in [0, 0.05) is 6.61 Å². The molecule has 0 saturated carbocycles. The van der Waals surface area contributed by atoms with Gasteiger partial charge in [-0.15, -0.1) is 0 Å². The van der Waals surface area contributed by atoms with Crippen molar-refractivity contribution < 1.29 is 14.6 Å². The smallest absolute Gasteiger partial charge is 0.119 e. The average Bonchev–Trinajstić information content (AvgIpc) is 2.35. The van der Waals surface area contributed by atoms with Gasteiger partial charge in [-0.2, -0.15) is 0 Å². The zero-order valence-corrected chi connectivity index (χ0v) is 9.98. The summed E-state index contributed by atoms with van der Waals surface area (Å²) in [6.45, 7) is 2.96. The van der Waals surface area contributed by atoms with Crippen molar-refractivity contribution in [2.24, 2.45) is 5.92 Å². The summed E-state index contributed by atoms with van der Waals surface area (Å²) >= 11 is 0. The maximum absolute atomic E-state index is 9.02. The van der Waals surface area contributed by atoms with Gasteiger partial charge in [-0.3, -0.25) is 0 Å². The van der Waals surface area contributed by atoms with Crippen LogP contribution in [-0.4, -0.2) is 25.4 Å². The fourth-order valence-electron chi connectivity index (χ4n) is 1.44. The number of hydrogen-bond acceptors (Lipinski definition) is 3. The lowest BCUT2D eigenvalue weighted by Crippen LogP contribution is -2.09. The molecule has 90 valence electrons. The maximum atomic E-state index is 9.02. The second kappa shape index (κ2) is 7.12. The lowest BCUT2D eigenvalue weighted by molar-refractivity contribution is 0.188. The van der Waals surface area contributed by atoms with Crippen LogP contribution in [0.15, 0.2) is 24.3 Å². The summed E-state index contributed by atoms with van der Waals surface area (Å²) in [6.07, 6.45) is 1.88. The van der Waals surface area contributed by atoms with E-state index in [2.05, 4.69) is 6.92 Å². The molecule has 0 aliphatic carbocycles. The molecule has 1 rings (SSSR count). The molecule has 3 heteroatoms. The Hall–Kier alpha value is -1.22. The first-order valence-electron chi connectivity index (χ1n) is 5.67. The molecule has 0 bridgehead atoms. The maximum Gasteiger partial charge on any atom is 0.119 e. The van der Waals surface area contributed by atoms with E-state index < -0.39 is 0 Å². The Labute approximate surface area is 97.0 Å². The van der Waals surface area contributed by atoms with Crippen LogP contribution in [-0.2, 0) is 0 Å². The van der Waals surface area contributed by atoms with Gasteiger partial charge in [-0.25, -0.2) is 0 Å². The molecule has 1 atom stereocenters. The fourth-order valence-corrected chi connectivity index (χ4v) is 1.44. The third-order valence-corrected chi connectivity index (χ3v) is 2.69. The largest absolute Gasteiger partial charge is 0.497 e. The van der Waals surface area contributed by atoms with E-state index in [1.54, 1.807) is 7.11 Å². The summed E-state index contributed by atoms with van der Waals surface area (Å²) < 4.78 is 10.6. The minimum Gasteiger partial charge on any atom is -0.497 e. The second-order valence-electron chi connectivity index (χ2n) is 3.77. The molecule has 1 aromatic carbocycles. The van der Waals surface area contributed by atoms with Gasteiger partial charge < -0.3 is 14.6 Å². The quantitative estimate of drug-likeness (QED) is 0.773. The Balaban J connectivity index is 2.31. The predicted molar refractivity (Wildman–Crippen MR) is 64.0 cm³/mol. The monoisotopic (exact) mass is 224 g/mol. The molecule has 0 aromatic heterocycles. The Bertz CT molecular complexity index is 278. The lowest BCUT2D eigenvalue weighted by Gasteiger charge is -2.12. The molecule has 0 fully saturated rings. The van der Waals surface area contributed by atoms with Gasteiger partial charge in [0.15, 0.2) is 0 Å². The molecule has 0 aliphatic heterocycles. The van der Waals surface area contributed by atoms with E-state index in [-0.39, 0.29) is 6.61 Å². The highest BCUT2D eigenvalue weighted by molar-refractivity contribution is 5.31. The van der Waals surface area contributed by atoms with E-state index in [4.69, 9.17) is 14.6 Å². The first-order chi connectivity index (χ1) is 7.80. The summed E-state index contributed by atoms with van der Waals surface area (Å²) in [4.78, 5) is 0. The number of ether oxygens (including phenoxy) is 2. The van der Waals surface area contributed by atoms with Crippen LogP contribution in [0.5, 0.6) is 11.5 Å². The summed E-state index contributed by atoms with van der Waals surface area (Å²) in [7, 11) is 1.64. The van der Waals surface area contributed by atoms with Gasteiger partial charge >= 0.3 is 0 Å². The molecule has 0 amide bonds. The van der Waals surface area contributed by atoms with Crippen molar-refractivity contribution in [3.8, 4) is 11.5 Å². The number of rotatable bonds is 7. The van der Waals surface area contributed by atoms with E-state index in [0.29, 0.717) is 12.5 Å². The third-order valence-electron chi connectivity index (χ3n) is 2.69. The van der Waals surface area contributed by atoms with Gasteiger partial charge in [-0.1, -0.05) is 13.3 Å². The van der Waals surface area contributed by atoms with Crippen molar-refractivity contribution in [2.45, 2.75) is 19.8 Å². The Morgan fingerprint density at radius 3 is 2.31 bits per heavy atom. The SMILES string of the molecule is CCC(CO)CCOc1ccc(OC)cc1. The van der Waals surface area contributed by atoms with Crippen LogP contribution in [0.1, 0.15) is 19.8 Å². The van der Waals surface area contributed by atoms with Crippen molar-refractivity contribution >= 4 is 0 Å². The number of aliphatic hydroxyl groups excluding tert-OH is 1. The standard InChI is InChI=1S/C13H20O3/c1-3-11(10-14)8-9-16-13-6-4-12(15-2)5-7-13/h4-7,11,14H,3,8-10H2,1-2H3. The molecule has 0 saturated heterocycles. The molecule has 3 nitrogen and oxygen atoms in total. The average molecular weight is 224 g/mol. The third kappa shape index (κ3) is 4.11. The molecular formula is C13H20O3. The summed E-state index contributed by atoms with van der Waals surface area (Å²) in [5, 5.41) is 9.02. The number of benzene rings is 1. The van der Waals surface area contributed by atoms with Crippen LogP contribution in [0.25, 0.3) is 0 Å². The van der Waals surface area contributed by atoms with Crippen LogP contribution in [0.3, 0.4) is 0 Å². The van der Waals surface area contributed by atoms with E-state index in [1.165, 1.54) is 0 Å². The van der Waals surface area contributed by atoms with Gasteiger partial charge in [-0.05, 0) is 36.6 Å². The number of aliphatic hydroxyl groups is 1. The van der Waals surface area contributed by atoms with Crippen LogP contribution >= 0.6 is 0 Å². The van der Waals surface area contributed by atoms with Crippen molar-refractivity contribution in [2.75, 3.05) is 20.3 Å². The predicted octanol–water partition coefficient (Wildman–Crippen LogP) is 2.48. The Morgan fingerprint density at radius 2 is 1.81 bits per heavy atom. The van der Waals surface area contributed by atoms with Gasteiger partial charge in [0.2, 0.25) is 0 Å². The molecule has 1 N–H and O–H groups in total. The molecular weight excluding hydrogens is 204 g/mol. The minimum atomic E-state index is 0.239. The summed E-state index contributed by atoms with van der Waals surface area (Å²) in [5.74, 6) is 2.01. The molecule has 16 heavy (non-hydrogen) atoms. The highest BCUT2D eigenvalue weighted by Gasteiger charge is 2.04. The van der Waals surface area contributed by atoms with Crippen molar-refractivity contribution in [1.29, 1.82) is 0 Å². The summed E-state index contributed by atoms with van der Waals surface area (Å²) in [6, 6.07) is 7.52. The van der Waals surface area contributed by atoms with Crippen LogP contribution < -0.4 is 9.47 Å². The zero-order chi connectivity index (χ0) is 11.8. The van der Waals surface area contributed by atoms with Crippen LogP contribution in [0, 0.1) is 5.92 Å². The molecule has 0 spiro atoms. The van der Waals surface area contributed by atoms with Crippen LogP contribution in [0.2, 0.25) is 0 Å². The number of methoxy groups -OCH3 is 1. The van der Waals surface area contributed by atoms with E-state index in [9.17, 15) is 0 Å². The van der Waals surface area contributed by atoms with E-state index in [1.807, 2.05) is 24.3 Å². The number of hydrogen-bond donors (Lipinski definition) is 1. The van der Waals surface area contributed by atoms with Crippen molar-refractivity contribution in [3.63, 3.8) is 0 Å². The second-order valence-corrected chi connectivity index (χ2v) is 3.77. The molecule has 0 heterocycles. The van der Waals surface area contributed by atoms with Crippen molar-refractivity contribution in [3.05, 3.63) is 24.3 Å². The van der Waals surface area contributed by atoms with Gasteiger partial charge in [0.25, 0.3) is 0 Å². The van der Waals surface area contributed by atoms with Gasteiger partial charge in [0.05, 0.1) is 13.7 Å². The Morgan fingerprint density at radius 1 is 1.19 bits per heavy atom. The normalized spacial score (nSPS) is 12.2. The topological polar surface area (TPSA) is 38.7 Å². The molecule has 0 aliphatic rings. The van der Waals surface area contributed by atoms with Crippen molar-refractivity contribution in [1.82, 2.24) is 0 Å².